The lowest BCUT2D eigenvalue weighted by Crippen LogP contribution is -2.25. The Morgan fingerprint density at radius 1 is 1.38 bits per heavy atom. The third kappa shape index (κ3) is 4.65. The molecule has 0 aromatic heterocycles. The van der Waals surface area contributed by atoms with E-state index in [9.17, 15) is 13.2 Å². The Kier molecular flexibility index (Phi) is 4.97. The lowest BCUT2D eigenvalue weighted by molar-refractivity contribution is -0.327. The summed E-state index contributed by atoms with van der Waals surface area (Å²) in [5.74, 6) is 0. The second kappa shape index (κ2) is 5.81. The van der Waals surface area contributed by atoms with Gasteiger partial charge in [-0.3, -0.25) is 4.74 Å². The summed E-state index contributed by atoms with van der Waals surface area (Å²) in [5.41, 5.74) is 0. The molecule has 1 aliphatic rings. The first kappa shape index (κ1) is 13.7. The molecule has 1 fully saturated rings. The Morgan fingerprint density at radius 3 is 2.56 bits per heavy atom. The summed E-state index contributed by atoms with van der Waals surface area (Å²) < 4.78 is 48.9. The maximum Gasteiger partial charge on any atom is 0.522 e. The molecule has 1 heterocycles. The molecule has 1 saturated heterocycles. The number of hydrogen-bond acceptors (Lipinski definition) is 4. The van der Waals surface area contributed by atoms with E-state index in [-0.39, 0.29) is 31.5 Å². The van der Waals surface area contributed by atoms with Crippen LogP contribution in [0.5, 0.6) is 0 Å². The smallest absolute Gasteiger partial charge is 0.394 e. The summed E-state index contributed by atoms with van der Waals surface area (Å²) in [6, 6.07) is 0. The van der Waals surface area contributed by atoms with E-state index in [1.54, 1.807) is 6.92 Å². The molecule has 96 valence electrons. The molecule has 3 atom stereocenters. The molecule has 7 heteroatoms. The second-order valence-electron chi connectivity index (χ2n) is 3.58. The molecule has 0 radical (unpaired) electrons. The lowest BCUT2D eigenvalue weighted by atomic mass is 10.1. The molecular weight excluding hydrogens is 229 g/mol. The van der Waals surface area contributed by atoms with Gasteiger partial charge in [-0.25, -0.2) is 0 Å². The van der Waals surface area contributed by atoms with Gasteiger partial charge in [0.2, 0.25) is 0 Å². The first-order valence-corrected chi connectivity index (χ1v) is 5.01. The van der Waals surface area contributed by atoms with Crippen molar-refractivity contribution >= 4 is 0 Å². The molecule has 0 bridgehead atoms. The molecule has 0 aromatic rings. The molecule has 1 aliphatic heterocycles. The number of rotatable bonds is 5. The zero-order valence-electron chi connectivity index (χ0n) is 8.87. The van der Waals surface area contributed by atoms with Crippen molar-refractivity contribution in [3.8, 4) is 0 Å². The van der Waals surface area contributed by atoms with Gasteiger partial charge in [0.1, 0.15) is 0 Å². The summed E-state index contributed by atoms with van der Waals surface area (Å²) in [6.07, 6.45) is -4.92. The van der Waals surface area contributed by atoms with Crippen LogP contribution in [0.15, 0.2) is 0 Å². The highest BCUT2D eigenvalue weighted by Crippen LogP contribution is 2.23. The molecule has 0 amide bonds. The van der Waals surface area contributed by atoms with Gasteiger partial charge in [-0.15, -0.1) is 13.2 Å². The fourth-order valence-electron chi connectivity index (χ4n) is 1.58. The zero-order valence-corrected chi connectivity index (χ0v) is 8.87. The molecule has 4 nitrogen and oxygen atoms in total. The van der Waals surface area contributed by atoms with Crippen molar-refractivity contribution in [2.75, 3.05) is 19.8 Å². The van der Waals surface area contributed by atoms with Crippen LogP contribution in [-0.4, -0.2) is 49.6 Å². The van der Waals surface area contributed by atoms with Crippen molar-refractivity contribution in [3.05, 3.63) is 0 Å². The molecule has 1 N–H and O–H groups in total. The number of hydrogen-bond donors (Lipinski definition) is 1. The van der Waals surface area contributed by atoms with Crippen LogP contribution >= 0.6 is 0 Å². The fraction of sp³-hybridized carbons (Fsp3) is 1.00. The van der Waals surface area contributed by atoms with Gasteiger partial charge in [-0.1, -0.05) is 0 Å². The van der Waals surface area contributed by atoms with E-state index < -0.39 is 13.0 Å². The van der Waals surface area contributed by atoms with Crippen molar-refractivity contribution in [2.24, 2.45) is 0 Å². The molecule has 0 spiro atoms. The number of aliphatic hydroxyl groups is 1. The van der Waals surface area contributed by atoms with E-state index in [0.717, 1.165) is 0 Å². The summed E-state index contributed by atoms with van der Waals surface area (Å²) in [7, 11) is 0. The van der Waals surface area contributed by atoms with Crippen molar-refractivity contribution in [3.63, 3.8) is 0 Å². The van der Waals surface area contributed by atoms with E-state index in [1.165, 1.54) is 0 Å². The van der Waals surface area contributed by atoms with Crippen LogP contribution in [0.3, 0.4) is 0 Å². The summed E-state index contributed by atoms with van der Waals surface area (Å²) in [6.45, 7) is 0.973. The van der Waals surface area contributed by atoms with Crippen LogP contribution in [-0.2, 0) is 14.2 Å². The highest BCUT2D eigenvalue weighted by molar-refractivity contribution is 4.80. The summed E-state index contributed by atoms with van der Waals surface area (Å²) in [5, 5.41) is 8.83. The van der Waals surface area contributed by atoms with Crippen LogP contribution in [0, 0.1) is 0 Å². The maximum absolute atomic E-state index is 11.6. The van der Waals surface area contributed by atoms with Crippen LogP contribution < -0.4 is 0 Å². The topological polar surface area (TPSA) is 47.9 Å². The predicted molar refractivity (Wildman–Crippen MR) is 47.8 cm³/mol. The first-order chi connectivity index (χ1) is 7.42. The van der Waals surface area contributed by atoms with E-state index in [4.69, 9.17) is 14.6 Å². The van der Waals surface area contributed by atoms with Gasteiger partial charge < -0.3 is 14.6 Å². The normalized spacial score (nSPS) is 30.9. The zero-order chi connectivity index (χ0) is 12.2. The third-order valence-corrected chi connectivity index (χ3v) is 2.31. The average Bonchev–Trinajstić information content (AvgIpc) is 2.53. The number of alkyl halides is 3. The Hall–Kier alpha value is -0.370. The lowest BCUT2D eigenvalue weighted by Gasteiger charge is -2.15. The van der Waals surface area contributed by atoms with Crippen LogP contribution in [0.1, 0.15) is 13.3 Å². The second-order valence-corrected chi connectivity index (χ2v) is 3.58. The largest absolute Gasteiger partial charge is 0.522 e. The quantitative estimate of drug-likeness (QED) is 0.735. The summed E-state index contributed by atoms with van der Waals surface area (Å²) in [4.78, 5) is 0. The third-order valence-electron chi connectivity index (χ3n) is 2.31. The maximum atomic E-state index is 11.6. The van der Waals surface area contributed by atoms with Crippen LogP contribution in [0.4, 0.5) is 13.2 Å². The predicted octanol–water partition coefficient (Wildman–Crippen LogP) is 1.08. The summed E-state index contributed by atoms with van der Waals surface area (Å²) >= 11 is 0. The van der Waals surface area contributed by atoms with Crippen molar-refractivity contribution in [1.82, 2.24) is 0 Å². The Balaban J connectivity index is 2.14. The van der Waals surface area contributed by atoms with Crippen molar-refractivity contribution in [2.45, 2.75) is 38.0 Å². The average molecular weight is 244 g/mol. The van der Waals surface area contributed by atoms with Crippen molar-refractivity contribution < 1.29 is 32.5 Å². The molecular formula is C9H15F3O4. The highest BCUT2D eigenvalue weighted by atomic mass is 19.4. The highest BCUT2D eigenvalue weighted by Gasteiger charge is 2.33. The SMILES string of the molecule is CC1O[C@H](CO)C[C@H]1OCCOC(F)(F)F. The van der Waals surface area contributed by atoms with Gasteiger partial charge >= 0.3 is 6.36 Å². The van der Waals surface area contributed by atoms with Gasteiger partial charge in [0.05, 0.1) is 38.1 Å². The molecule has 1 rings (SSSR count). The van der Waals surface area contributed by atoms with E-state index >= 15 is 0 Å². The van der Waals surface area contributed by atoms with Gasteiger partial charge in [-0.2, -0.15) is 0 Å². The fourth-order valence-corrected chi connectivity index (χ4v) is 1.58. The van der Waals surface area contributed by atoms with Crippen LogP contribution in [0.2, 0.25) is 0 Å². The number of halogens is 3. The minimum absolute atomic E-state index is 0.108. The molecule has 1 unspecified atom stereocenters. The Morgan fingerprint density at radius 2 is 2.06 bits per heavy atom. The van der Waals surface area contributed by atoms with Gasteiger partial charge in [0.15, 0.2) is 0 Å². The number of ether oxygens (including phenoxy) is 3. The monoisotopic (exact) mass is 244 g/mol. The van der Waals surface area contributed by atoms with Crippen LogP contribution in [0.25, 0.3) is 0 Å². The molecule has 0 aliphatic carbocycles. The van der Waals surface area contributed by atoms with E-state index in [0.29, 0.717) is 6.42 Å². The Labute approximate surface area is 91.3 Å². The van der Waals surface area contributed by atoms with E-state index in [1.807, 2.05) is 0 Å². The molecule has 0 aromatic carbocycles. The molecule has 16 heavy (non-hydrogen) atoms. The minimum Gasteiger partial charge on any atom is -0.394 e. The minimum atomic E-state index is -4.62. The molecule has 0 saturated carbocycles. The standard InChI is InChI=1S/C9H15F3O4/c1-6-8(4-7(5-13)16-6)14-2-3-15-9(10,11)12/h6-8,13H,2-5H2,1H3/t6?,7-,8+/m0/s1. The van der Waals surface area contributed by atoms with Gasteiger partial charge in [0, 0.05) is 6.42 Å². The number of aliphatic hydroxyl groups excluding tert-OH is 1. The Bertz CT molecular complexity index is 209. The van der Waals surface area contributed by atoms with Gasteiger partial charge in [-0.05, 0) is 6.92 Å². The van der Waals surface area contributed by atoms with E-state index in [2.05, 4.69) is 4.74 Å². The van der Waals surface area contributed by atoms with Gasteiger partial charge in [0.25, 0.3) is 0 Å². The van der Waals surface area contributed by atoms with Crippen molar-refractivity contribution in [1.29, 1.82) is 0 Å². The first-order valence-electron chi connectivity index (χ1n) is 5.01.